The summed E-state index contributed by atoms with van der Waals surface area (Å²) < 4.78 is 38.8. The first-order valence-corrected chi connectivity index (χ1v) is 9.00. The number of aryl methyl sites for hydroxylation is 2. The second kappa shape index (κ2) is 6.12. The van der Waals surface area contributed by atoms with E-state index in [0.29, 0.717) is 30.4 Å². The molecule has 1 aliphatic rings. The maximum Gasteiger partial charge on any atom is 0.262 e. The van der Waals surface area contributed by atoms with Gasteiger partial charge in [-0.2, -0.15) is 0 Å². The fourth-order valence-electron chi connectivity index (χ4n) is 2.39. The molecule has 0 saturated carbocycles. The second-order valence-electron chi connectivity index (χ2n) is 5.41. The Morgan fingerprint density at radius 2 is 1.78 bits per heavy atom. The van der Waals surface area contributed by atoms with E-state index in [9.17, 15) is 8.42 Å². The van der Waals surface area contributed by atoms with Crippen LogP contribution in [0.25, 0.3) is 0 Å². The van der Waals surface area contributed by atoms with Crippen LogP contribution in [0.1, 0.15) is 18.1 Å². The Morgan fingerprint density at radius 1 is 1.04 bits per heavy atom. The Labute approximate surface area is 136 Å². The third-order valence-electron chi connectivity index (χ3n) is 3.78. The van der Waals surface area contributed by atoms with Crippen LogP contribution in [-0.4, -0.2) is 21.6 Å². The highest BCUT2D eigenvalue weighted by molar-refractivity contribution is 7.92. The number of rotatable bonds is 4. The quantitative estimate of drug-likeness (QED) is 0.933. The minimum atomic E-state index is -3.68. The molecule has 0 atom stereocenters. The smallest absolute Gasteiger partial charge is 0.262 e. The molecule has 23 heavy (non-hydrogen) atoms. The molecule has 2 aromatic carbocycles. The lowest BCUT2D eigenvalue weighted by atomic mass is 10.1. The molecule has 5 nitrogen and oxygen atoms in total. The van der Waals surface area contributed by atoms with Crippen LogP contribution in [0.5, 0.6) is 11.5 Å². The first-order valence-electron chi connectivity index (χ1n) is 7.51. The lowest BCUT2D eigenvalue weighted by molar-refractivity contribution is 0.171. The number of nitrogens with one attached hydrogen (secondary N) is 1. The van der Waals surface area contributed by atoms with Crippen LogP contribution in [0.2, 0.25) is 0 Å². The summed E-state index contributed by atoms with van der Waals surface area (Å²) in [5.74, 6) is 1.03. The zero-order valence-electron chi connectivity index (χ0n) is 13.1. The zero-order chi connectivity index (χ0) is 16.4. The molecule has 3 rings (SSSR count). The Kier molecular flexibility index (Phi) is 4.17. The van der Waals surface area contributed by atoms with Crippen molar-refractivity contribution in [2.24, 2.45) is 0 Å². The number of ether oxygens (including phenoxy) is 2. The van der Waals surface area contributed by atoms with Gasteiger partial charge in [0.05, 0.1) is 10.6 Å². The molecule has 2 aromatic rings. The van der Waals surface area contributed by atoms with E-state index >= 15 is 0 Å². The standard InChI is InChI=1S/C17H19NO4S/c1-3-13-5-4-12(2)15(10-13)18-23(19,20)14-6-7-16-17(11-14)22-9-8-21-16/h4-7,10-11,18H,3,8-9H2,1-2H3. The topological polar surface area (TPSA) is 64.6 Å². The predicted octanol–water partition coefficient (Wildman–Crippen LogP) is 3.13. The van der Waals surface area contributed by atoms with Crippen molar-refractivity contribution >= 4 is 15.7 Å². The molecule has 0 unspecified atom stereocenters. The Morgan fingerprint density at radius 3 is 2.52 bits per heavy atom. The molecule has 0 radical (unpaired) electrons. The summed E-state index contributed by atoms with van der Waals surface area (Å²) in [6.45, 7) is 4.80. The molecule has 0 amide bonds. The number of anilines is 1. The first-order chi connectivity index (χ1) is 11.0. The maximum atomic E-state index is 12.6. The summed E-state index contributed by atoms with van der Waals surface area (Å²) in [4.78, 5) is 0.156. The molecule has 0 fully saturated rings. The van der Waals surface area contributed by atoms with Gasteiger partial charge in [0.2, 0.25) is 0 Å². The Bertz CT molecular complexity index is 830. The van der Waals surface area contributed by atoms with E-state index in [2.05, 4.69) is 4.72 Å². The highest BCUT2D eigenvalue weighted by Gasteiger charge is 2.20. The highest BCUT2D eigenvalue weighted by Crippen LogP contribution is 2.33. The van der Waals surface area contributed by atoms with Gasteiger partial charge in [0, 0.05) is 6.07 Å². The Hall–Kier alpha value is -2.21. The van der Waals surface area contributed by atoms with Crippen molar-refractivity contribution in [1.82, 2.24) is 0 Å². The van der Waals surface area contributed by atoms with Crippen LogP contribution < -0.4 is 14.2 Å². The largest absolute Gasteiger partial charge is 0.486 e. The summed E-state index contributed by atoms with van der Waals surface area (Å²) >= 11 is 0. The molecule has 0 spiro atoms. The summed E-state index contributed by atoms with van der Waals surface area (Å²) in [5.41, 5.74) is 2.55. The first kappa shape index (κ1) is 15.7. The van der Waals surface area contributed by atoms with E-state index in [1.54, 1.807) is 6.07 Å². The van der Waals surface area contributed by atoms with Crippen molar-refractivity contribution in [2.75, 3.05) is 17.9 Å². The second-order valence-corrected chi connectivity index (χ2v) is 7.10. The van der Waals surface area contributed by atoms with Crippen molar-refractivity contribution in [2.45, 2.75) is 25.2 Å². The van der Waals surface area contributed by atoms with Crippen LogP contribution in [0.15, 0.2) is 41.3 Å². The average Bonchev–Trinajstić information content (AvgIpc) is 2.56. The molecule has 6 heteroatoms. The third-order valence-corrected chi connectivity index (χ3v) is 5.14. The van der Waals surface area contributed by atoms with E-state index in [1.165, 1.54) is 12.1 Å². The van der Waals surface area contributed by atoms with Crippen LogP contribution in [0.4, 0.5) is 5.69 Å². The number of hydrogen-bond donors (Lipinski definition) is 1. The van der Waals surface area contributed by atoms with Gasteiger partial charge >= 0.3 is 0 Å². The summed E-state index contributed by atoms with van der Waals surface area (Å²) in [5, 5.41) is 0. The van der Waals surface area contributed by atoms with Crippen LogP contribution >= 0.6 is 0 Å². The van der Waals surface area contributed by atoms with Crippen molar-refractivity contribution in [3.05, 3.63) is 47.5 Å². The van der Waals surface area contributed by atoms with Crippen molar-refractivity contribution < 1.29 is 17.9 Å². The minimum absolute atomic E-state index is 0.156. The maximum absolute atomic E-state index is 12.6. The molecule has 0 aromatic heterocycles. The Balaban J connectivity index is 1.93. The number of fused-ring (bicyclic) bond motifs is 1. The molecular weight excluding hydrogens is 314 g/mol. The monoisotopic (exact) mass is 333 g/mol. The van der Waals surface area contributed by atoms with Gasteiger partial charge in [-0.05, 0) is 42.7 Å². The lowest BCUT2D eigenvalue weighted by Gasteiger charge is -2.19. The summed E-state index contributed by atoms with van der Waals surface area (Å²) in [7, 11) is -3.68. The fourth-order valence-corrected chi connectivity index (χ4v) is 3.53. The number of sulfonamides is 1. The van der Waals surface area contributed by atoms with Gasteiger partial charge in [0.25, 0.3) is 10.0 Å². The highest BCUT2D eigenvalue weighted by atomic mass is 32.2. The van der Waals surface area contributed by atoms with E-state index in [-0.39, 0.29) is 4.90 Å². The minimum Gasteiger partial charge on any atom is -0.486 e. The molecule has 0 aliphatic carbocycles. The molecule has 0 bridgehead atoms. The van der Waals surface area contributed by atoms with Gasteiger partial charge in [-0.1, -0.05) is 19.1 Å². The molecule has 1 N–H and O–H groups in total. The zero-order valence-corrected chi connectivity index (χ0v) is 13.9. The normalized spacial score (nSPS) is 13.7. The summed E-state index contributed by atoms with van der Waals surface area (Å²) in [6, 6.07) is 10.4. The molecule has 122 valence electrons. The lowest BCUT2D eigenvalue weighted by Crippen LogP contribution is -2.17. The molecular formula is C17H19NO4S. The van der Waals surface area contributed by atoms with Gasteiger partial charge in [0.15, 0.2) is 11.5 Å². The molecule has 1 heterocycles. The van der Waals surface area contributed by atoms with Gasteiger partial charge < -0.3 is 9.47 Å². The summed E-state index contributed by atoms with van der Waals surface area (Å²) in [6.07, 6.45) is 0.846. The van der Waals surface area contributed by atoms with Gasteiger partial charge in [0.1, 0.15) is 13.2 Å². The van der Waals surface area contributed by atoms with Crippen LogP contribution in [0.3, 0.4) is 0 Å². The van der Waals surface area contributed by atoms with E-state index in [4.69, 9.17) is 9.47 Å². The number of hydrogen-bond acceptors (Lipinski definition) is 4. The average molecular weight is 333 g/mol. The molecule has 0 saturated heterocycles. The third kappa shape index (κ3) is 3.27. The SMILES string of the molecule is CCc1ccc(C)c(NS(=O)(=O)c2ccc3c(c2)OCCO3)c1. The predicted molar refractivity (Wildman–Crippen MR) is 88.8 cm³/mol. The van der Waals surface area contributed by atoms with E-state index in [1.807, 2.05) is 32.0 Å². The van der Waals surface area contributed by atoms with Gasteiger partial charge in [-0.25, -0.2) is 8.42 Å². The molecule has 1 aliphatic heterocycles. The van der Waals surface area contributed by atoms with E-state index < -0.39 is 10.0 Å². The van der Waals surface area contributed by atoms with E-state index in [0.717, 1.165) is 17.5 Å². The van der Waals surface area contributed by atoms with Crippen molar-refractivity contribution in [1.29, 1.82) is 0 Å². The van der Waals surface area contributed by atoms with Gasteiger partial charge in [-0.3, -0.25) is 4.72 Å². The fraction of sp³-hybridized carbons (Fsp3) is 0.294. The van der Waals surface area contributed by atoms with Crippen molar-refractivity contribution in [3.8, 4) is 11.5 Å². The van der Waals surface area contributed by atoms with Gasteiger partial charge in [-0.15, -0.1) is 0 Å². The van der Waals surface area contributed by atoms with Crippen LogP contribution in [-0.2, 0) is 16.4 Å². The van der Waals surface area contributed by atoms with Crippen LogP contribution in [0, 0.1) is 6.92 Å². The number of benzene rings is 2. The van der Waals surface area contributed by atoms with Crippen molar-refractivity contribution in [3.63, 3.8) is 0 Å².